The maximum Gasteiger partial charge on any atom is 0.254 e. The van der Waals surface area contributed by atoms with Crippen molar-refractivity contribution in [3.8, 4) is 0 Å². The largest absolute Gasteiger partial charge is 0.352 e. The summed E-state index contributed by atoms with van der Waals surface area (Å²) in [6.45, 7) is 4.35. The fourth-order valence-electron chi connectivity index (χ4n) is 2.61. The molecule has 1 aromatic heterocycles. The predicted molar refractivity (Wildman–Crippen MR) is 90.6 cm³/mol. The third-order valence-electron chi connectivity index (χ3n) is 3.85. The van der Waals surface area contributed by atoms with Gasteiger partial charge in [-0.05, 0) is 19.4 Å². The summed E-state index contributed by atoms with van der Waals surface area (Å²) in [6.07, 6.45) is 0.302. The van der Waals surface area contributed by atoms with Crippen LogP contribution in [0.15, 0.2) is 40.3 Å². The quantitative estimate of drug-likeness (QED) is 0.874. The minimum Gasteiger partial charge on any atom is -0.352 e. The summed E-state index contributed by atoms with van der Waals surface area (Å²) in [4.78, 5) is 28.7. The summed E-state index contributed by atoms with van der Waals surface area (Å²) >= 11 is 1.53. The molecule has 0 bridgehead atoms. The van der Waals surface area contributed by atoms with Crippen molar-refractivity contribution in [2.24, 2.45) is 0 Å². The van der Waals surface area contributed by atoms with Crippen molar-refractivity contribution < 1.29 is 4.79 Å². The first-order valence-corrected chi connectivity index (χ1v) is 8.57. The molecule has 2 heterocycles. The number of fused-ring (bicyclic) bond motifs is 1. The van der Waals surface area contributed by atoms with Crippen molar-refractivity contribution in [1.29, 1.82) is 0 Å². The Kier molecular flexibility index (Phi) is 4.52. The van der Waals surface area contributed by atoms with Crippen molar-refractivity contribution in [3.63, 3.8) is 0 Å². The number of hydrogen-bond donors (Lipinski definition) is 1. The maximum absolute atomic E-state index is 12.2. The van der Waals surface area contributed by atoms with E-state index in [1.165, 1.54) is 23.4 Å². The van der Waals surface area contributed by atoms with Crippen LogP contribution in [0.4, 0.5) is 0 Å². The van der Waals surface area contributed by atoms with Gasteiger partial charge >= 0.3 is 0 Å². The van der Waals surface area contributed by atoms with Gasteiger partial charge in [-0.15, -0.1) is 0 Å². The molecule has 23 heavy (non-hydrogen) atoms. The minimum atomic E-state index is -0.117. The number of carbonyl (C=O) groups is 1. The van der Waals surface area contributed by atoms with Gasteiger partial charge in [0.25, 0.3) is 5.56 Å². The fraction of sp³-hybridized carbons (Fsp3) is 0.353. The number of aryl methyl sites for hydroxylation is 2. The van der Waals surface area contributed by atoms with E-state index < -0.39 is 0 Å². The van der Waals surface area contributed by atoms with Gasteiger partial charge in [0.1, 0.15) is 0 Å². The molecule has 0 fully saturated rings. The Hall–Kier alpha value is -2.08. The normalized spacial score (nSPS) is 16.2. The first-order chi connectivity index (χ1) is 11.0. The van der Waals surface area contributed by atoms with E-state index in [-0.39, 0.29) is 17.5 Å². The molecule has 6 heteroatoms. The average molecular weight is 329 g/mol. The van der Waals surface area contributed by atoms with E-state index in [4.69, 9.17) is 0 Å². The zero-order valence-corrected chi connectivity index (χ0v) is 14.0. The lowest BCUT2D eigenvalue weighted by molar-refractivity contribution is -0.121. The third kappa shape index (κ3) is 3.64. The third-order valence-corrected chi connectivity index (χ3v) is 4.95. The second-order valence-corrected chi connectivity index (χ2v) is 6.81. The molecule has 0 unspecified atom stereocenters. The van der Waals surface area contributed by atoms with Crippen LogP contribution >= 0.6 is 11.8 Å². The molecule has 3 rings (SSSR count). The van der Waals surface area contributed by atoms with Gasteiger partial charge in [0.05, 0.1) is 6.04 Å². The van der Waals surface area contributed by atoms with Crippen LogP contribution in [-0.4, -0.2) is 21.2 Å². The minimum absolute atomic E-state index is 0.0449. The SMILES string of the molecule is Cc1ccc(CNC(=O)C[C@@H]2CSc3nc(C)cc(=O)n32)cc1. The predicted octanol–water partition coefficient (Wildman–Crippen LogP) is 2.21. The summed E-state index contributed by atoms with van der Waals surface area (Å²) in [7, 11) is 0. The molecule has 1 N–H and O–H groups in total. The second-order valence-electron chi connectivity index (χ2n) is 5.82. The van der Waals surface area contributed by atoms with Crippen molar-refractivity contribution in [2.45, 2.75) is 38.0 Å². The van der Waals surface area contributed by atoms with Gasteiger partial charge in [-0.1, -0.05) is 41.6 Å². The van der Waals surface area contributed by atoms with E-state index in [1.54, 1.807) is 4.57 Å². The molecule has 5 nitrogen and oxygen atoms in total. The van der Waals surface area contributed by atoms with Gasteiger partial charge in [-0.25, -0.2) is 4.98 Å². The van der Waals surface area contributed by atoms with Gasteiger partial charge in [0, 0.05) is 30.5 Å². The summed E-state index contributed by atoms with van der Waals surface area (Å²) in [5.74, 6) is 0.667. The van der Waals surface area contributed by atoms with Gasteiger partial charge in [0.15, 0.2) is 5.16 Å². The Morgan fingerprint density at radius 1 is 1.35 bits per heavy atom. The Morgan fingerprint density at radius 3 is 2.83 bits per heavy atom. The smallest absolute Gasteiger partial charge is 0.254 e. The molecule has 1 atom stereocenters. The standard InChI is InChI=1S/C17H19N3O2S/c1-11-3-5-13(6-4-11)9-18-15(21)8-14-10-23-17-19-12(2)7-16(22)20(14)17/h3-7,14H,8-10H2,1-2H3,(H,18,21)/t14-/m1/s1. The molecule has 120 valence electrons. The number of rotatable bonds is 4. The fourth-order valence-corrected chi connectivity index (χ4v) is 3.80. The first-order valence-electron chi connectivity index (χ1n) is 7.58. The molecule has 1 aromatic carbocycles. The Bertz CT molecular complexity index is 783. The van der Waals surface area contributed by atoms with Crippen molar-refractivity contribution in [1.82, 2.24) is 14.9 Å². The Morgan fingerprint density at radius 2 is 2.09 bits per heavy atom. The van der Waals surface area contributed by atoms with E-state index in [0.29, 0.717) is 23.9 Å². The number of nitrogens with one attached hydrogen (secondary N) is 1. The van der Waals surface area contributed by atoms with Gasteiger partial charge in [-0.2, -0.15) is 0 Å². The zero-order chi connectivity index (χ0) is 16.4. The molecule has 0 spiro atoms. The van der Waals surface area contributed by atoms with Crippen LogP contribution in [0.25, 0.3) is 0 Å². The highest BCUT2D eigenvalue weighted by Crippen LogP contribution is 2.31. The number of carbonyl (C=O) groups excluding carboxylic acids is 1. The number of amides is 1. The Labute approximate surface area is 139 Å². The summed E-state index contributed by atoms with van der Waals surface area (Å²) in [5.41, 5.74) is 2.91. The molecule has 2 aromatic rings. The van der Waals surface area contributed by atoms with E-state index in [1.807, 2.05) is 38.1 Å². The monoisotopic (exact) mass is 329 g/mol. The summed E-state index contributed by atoms with van der Waals surface area (Å²) in [6, 6.07) is 9.47. The molecule has 1 aliphatic rings. The molecular formula is C17H19N3O2S. The number of nitrogens with zero attached hydrogens (tertiary/aromatic N) is 2. The van der Waals surface area contributed by atoms with E-state index in [0.717, 1.165) is 11.3 Å². The lowest BCUT2D eigenvalue weighted by Crippen LogP contribution is -2.30. The van der Waals surface area contributed by atoms with Crippen LogP contribution in [0.5, 0.6) is 0 Å². The summed E-state index contributed by atoms with van der Waals surface area (Å²) < 4.78 is 1.64. The number of hydrogen-bond acceptors (Lipinski definition) is 4. The van der Waals surface area contributed by atoms with E-state index in [2.05, 4.69) is 10.3 Å². The number of thioether (sulfide) groups is 1. The van der Waals surface area contributed by atoms with Crippen LogP contribution < -0.4 is 10.9 Å². The van der Waals surface area contributed by atoms with Crippen LogP contribution in [0, 0.1) is 13.8 Å². The molecule has 1 aliphatic heterocycles. The highest BCUT2D eigenvalue weighted by molar-refractivity contribution is 7.99. The van der Waals surface area contributed by atoms with Gasteiger partial charge in [0.2, 0.25) is 5.91 Å². The van der Waals surface area contributed by atoms with E-state index >= 15 is 0 Å². The molecule has 0 radical (unpaired) electrons. The molecule has 0 saturated heterocycles. The lowest BCUT2D eigenvalue weighted by atomic mass is 10.1. The number of aromatic nitrogens is 2. The lowest BCUT2D eigenvalue weighted by Gasteiger charge is -2.13. The average Bonchev–Trinajstić information content (AvgIpc) is 2.89. The van der Waals surface area contributed by atoms with Gasteiger partial charge in [-0.3, -0.25) is 14.2 Å². The van der Waals surface area contributed by atoms with E-state index in [9.17, 15) is 9.59 Å². The van der Waals surface area contributed by atoms with Crippen molar-refractivity contribution >= 4 is 17.7 Å². The van der Waals surface area contributed by atoms with Crippen LogP contribution in [0.2, 0.25) is 0 Å². The van der Waals surface area contributed by atoms with Crippen LogP contribution in [-0.2, 0) is 11.3 Å². The van der Waals surface area contributed by atoms with Crippen molar-refractivity contribution in [3.05, 3.63) is 57.5 Å². The highest BCUT2D eigenvalue weighted by atomic mass is 32.2. The first kappa shape index (κ1) is 15.8. The van der Waals surface area contributed by atoms with Crippen LogP contribution in [0.1, 0.15) is 29.3 Å². The number of benzene rings is 1. The molecule has 1 amide bonds. The second kappa shape index (κ2) is 6.58. The Balaban J connectivity index is 1.62. The van der Waals surface area contributed by atoms with Crippen molar-refractivity contribution in [2.75, 3.05) is 5.75 Å². The molecular weight excluding hydrogens is 310 g/mol. The maximum atomic E-state index is 12.2. The highest BCUT2D eigenvalue weighted by Gasteiger charge is 2.27. The zero-order valence-electron chi connectivity index (χ0n) is 13.2. The topological polar surface area (TPSA) is 64.0 Å². The van der Waals surface area contributed by atoms with Crippen LogP contribution in [0.3, 0.4) is 0 Å². The molecule has 0 saturated carbocycles. The van der Waals surface area contributed by atoms with Gasteiger partial charge < -0.3 is 5.32 Å². The summed E-state index contributed by atoms with van der Waals surface area (Å²) in [5, 5.41) is 3.64. The molecule has 0 aliphatic carbocycles.